The van der Waals surface area contributed by atoms with Gasteiger partial charge in [0.1, 0.15) is 0 Å². The van der Waals surface area contributed by atoms with Crippen LogP contribution in [0.15, 0.2) is 0 Å². The maximum Gasteiger partial charge on any atom is 0.317 e. The first-order valence-corrected chi connectivity index (χ1v) is 6.03. The summed E-state index contributed by atoms with van der Waals surface area (Å²) in [5.41, 5.74) is 5.04. The van der Waals surface area contributed by atoms with Gasteiger partial charge in [-0.3, -0.25) is 19.7 Å². The van der Waals surface area contributed by atoms with E-state index in [4.69, 9.17) is 10.8 Å². The fourth-order valence-corrected chi connectivity index (χ4v) is 1.97. The highest BCUT2D eigenvalue weighted by Gasteiger charge is 2.26. The Morgan fingerprint density at radius 1 is 1.28 bits per heavy atom. The van der Waals surface area contributed by atoms with Gasteiger partial charge in [-0.15, -0.1) is 0 Å². The highest BCUT2D eigenvalue weighted by molar-refractivity contribution is 5.84. The fraction of sp³-hybridized carbons (Fsp3) is 0.727. The number of nitrogens with two attached hydrogens (primary N) is 1. The van der Waals surface area contributed by atoms with Crippen LogP contribution in [-0.4, -0.2) is 53.5 Å². The van der Waals surface area contributed by atoms with E-state index in [1.807, 2.05) is 0 Å². The quantitative estimate of drug-likeness (QED) is 0.537. The van der Waals surface area contributed by atoms with E-state index in [1.54, 1.807) is 4.90 Å². The fourth-order valence-electron chi connectivity index (χ4n) is 1.97. The summed E-state index contributed by atoms with van der Waals surface area (Å²) in [6.07, 6.45) is 2.23. The molecule has 0 aromatic rings. The molecule has 0 unspecified atom stereocenters. The zero-order valence-corrected chi connectivity index (χ0v) is 10.2. The van der Waals surface area contributed by atoms with E-state index in [9.17, 15) is 14.4 Å². The molecule has 0 spiro atoms. The van der Waals surface area contributed by atoms with Gasteiger partial charge < -0.3 is 15.7 Å². The number of rotatable bonds is 7. The summed E-state index contributed by atoms with van der Waals surface area (Å²) in [5.74, 6) is -1.67. The van der Waals surface area contributed by atoms with E-state index in [-0.39, 0.29) is 25.3 Å². The first-order chi connectivity index (χ1) is 8.50. The van der Waals surface area contributed by atoms with E-state index in [1.165, 1.54) is 0 Å². The van der Waals surface area contributed by atoms with Crippen molar-refractivity contribution < 1.29 is 19.5 Å². The smallest absolute Gasteiger partial charge is 0.317 e. The summed E-state index contributed by atoms with van der Waals surface area (Å²) in [5, 5.41) is 11.3. The number of carbonyl (C=O) groups is 3. The van der Waals surface area contributed by atoms with Gasteiger partial charge in [-0.25, -0.2) is 0 Å². The Balaban J connectivity index is 2.53. The monoisotopic (exact) mass is 257 g/mol. The molecule has 18 heavy (non-hydrogen) atoms. The van der Waals surface area contributed by atoms with Crippen molar-refractivity contribution in [1.82, 2.24) is 10.2 Å². The Kier molecular flexibility index (Phi) is 5.57. The lowest BCUT2D eigenvalue weighted by Gasteiger charge is -2.23. The second-order valence-electron chi connectivity index (χ2n) is 4.36. The van der Waals surface area contributed by atoms with Gasteiger partial charge in [0.2, 0.25) is 11.8 Å². The third-order valence-corrected chi connectivity index (χ3v) is 2.89. The summed E-state index contributed by atoms with van der Waals surface area (Å²) in [7, 11) is 0. The minimum atomic E-state index is -1.03. The lowest BCUT2D eigenvalue weighted by atomic mass is 10.1. The van der Waals surface area contributed by atoms with Crippen molar-refractivity contribution in [3.8, 4) is 0 Å². The molecule has 1 fully saturated rings. The number of amides is 2. The lowest BCUT2D eigenvalue weighted by molar-refractivity contribution is -0.137. The molecule has 1 rings (SSSR count). The Morgan fingerprint density at radius 3 is 2.39 bits per heavy atom. The van der Waals surface area contributed by atoms with Gasteiger partial charge in [0.15, 0.2) is 0 Å². The maximum atomic E-state index is 12.1. The van der Waals surface area contributed by atoms with Gasteiger partial charge in [-0.1, -0.05) is 0 Å². The van der Waals surface area contributed by atoms with Crippen molar-refractivity contribution in [3.05, 3.63) is 0 Å². The first kappa shape index (κ1) is 14.4. The molecule has 0 saturated carbocycles. The van der Waals surface area contributed by atoms with E-state index in [0.29, 0.717) is 13.1 Å². The highest BCUT2D eigenvalue weighted by atomic mass is 16.4. The Bertz CT molecular complexity index is 308. The minimum absolute atomic E-state index is 0.0663. The number of hydrogen-bond acceptors (Lipinski definition) is 4. The van der Waals surface area contributed by atoms with E-state index >= 15 is 0 Å². The molecule has 7 nitrogen and oxygen atoms in total. The van der Waals surface area contributed by atoms with Gasteiger partial charge in [0.25, 0.3) is 0 Å². The maximum absolute atomic E-state index is 12.1. The number of carboxylic acid groups (broad SMARTS) is 1. The molecule has 1 aliphatic heterocycles. The van der Waals surface area contributed by atoms with Crippen LogP contribution in [0.4, 0.5) is 0 Å². The molecule has 1 aliphatic rings. The number of primary amides is 1. The summed E-state index contributed by atoms with van der Waals surface area (Å²) in [6, 6.07) is -0.647. The number of carboxylic acids is 1. The molecule has 0 bridgehead atoms. The second kappa shape index (κ2) is 6.95. The zero-order chi connectivity index (χ0) is 13.5. The average molecular weight is 257 g/mol. The topological polar surface area (TPSA) is 113 Å². The molecule has 1 heterocycles. The van der Waals surface area contributed by atoms with Crippen LogP contribution in [0.25, 0.3) is 0 Å². The second-order valence-corrected chi connectivity index (χ2v) is 4.36. The predicted octanol–water partition coefficient (Wildman–Crippen LogP) is -1.08. The molecular formula is C11H19N3O4. The number of nitrogens with zero attached hydrogens (tertiary/aromatic N) is 1. The third-order valence-electron chi connectivity index (χ3n) is 2.89. The van der Waals surface area contributed by atoms with Gasteiger partial charge in [-0.2, -0.15) is 0 Å². The molecule has 0 radical (unpaired) electrons. The molecule has 1 saturated heterocycles. The largest absolute Gasteiger partial charge is 0.480 e. The Morgan fingerprint density at radius 2 is 1.89 bits per heavy atom. The molecule has 0 aliphatic carbocycles. The van der Waals surface area contributed by atoms with Gasteiger partial charge >= 0.3 is 5.97 Å². The molecule has 4 N–H and O–H groups in total. The number of carbonyl (C=O) groups excluding carboxylic acids is 2. The molecule has 0 aromatic heterocycles. The minimum Gasteiger partial charge on any atom is -0.480 e. The van der Waals surface area contributed by atoms with Crippen LogP contribution in [-0.2, 0) is 14.4 Å². The van der Waals surface area contributed by atoms with Crippen LogP contribution in [0.2, 0.25) is 0 Å². The van der Waals surface area contributed by atoms with Crippen LogP contribution in [0.1, 0.15) is 25.7 Å². The van der Waals surface area contributed by atoms with Crippen LogP contribution >= 0.6 is 0 Å². The van der Waals surface area contributed by atoms with Gasteiger partial charge in [-0.05, 0) is 19.3 Å². The van der Waals surface area contributed by atoms with Crippen LogP contribution in [0.5, 0.6) is 0 Å². The molecular weight excluding hydrogens is 238 g/mol. The standard InChI is InChI=1S/C11H19N3O4/c12-9(15)4-3-8(13-7-10(16)17)11(18)14-5-1-2-6-14/h8,13H,1-7H2,(H2,12,15)(H,16,17)/t8-/m0/s1. The highest BCUT2D eigenvalue weighted by Crippen LogP contribution is 2.11. The molecule has 102 valence electrons. The van der Waals surface area contributed by atoms with Crippen LogP contribution < -0.4 is 11.1 Å². The molecule has 1 atom stereocenters. The first-order valence-electron chi connectivity index (χ1n) is 6.03. The van der Waals surface area contributed by atoms with Crippen molar-refractivity contribution in [3.63, 3.8) is 0 Å². The van der Waals surface area contributed by atoms with E-state index in [0.717, 1.165) is 12.8 Å². The van der Waals surface area contributed by atoms with Gasteiger partial charge in [0.05, 0.1) is 12.6 Å². The van der Waals surface area contributed by atoms with Gasteiger partial charge in [0, 0.05) is 19.5 Å². The van der Waals surface area contributed by atoms with Crippen molar-refractivity contribution >= 4 is 17.8 Å². The number of aliphatic carboxylic acids is 1. The van der Waals surface area contributed by atoms with E-state index < -0.39 is 17.9 Å². The SMILES string of the molecule is NC(=O)CC[C@H](NCC(=O)O)C(=O)N1CCCC1. The average Bonchev–Trinajstić information content (AvgIpc) is 2.81. The summed E-state index contributed by atoms with van der Waals surface area (Å²) in [6.45, 7) is 1.09. The Hall–Kier alpha value is -1.63. The zero-order valence-electron chi connectivity index (χ0n) is 10.2. The number of hydrogen-bond donors (Lipinski definition) is 3. The van der Waals surface area contributed by atoms with Crippen LogP contribution in [0, 0.1) is 0 Å². The van der Waals surface area contributed by atoms with E-state index in [2.05, 4.69) is 5.32 Å². The van der Waals surface area contributed by atoms with Crippen molar-refractivity contribution in [2.24, 2.45) is 5.73 Å². The number of nitrogens with one attached hydrogen (secondary N) is 1. The summed E-state index contributed by atoms with van der Waals surface area (Å²) < 4.78 is 0. The van der Waals surface area contributed by atoms with Crippen molar-refractivity contribution in [1.29, 1.82) is 0 Å². The lowest BCUT2D eigenvalue weighted by Crippen LogP contribution is -2.47. The summed E-state index contributed by atoms with van der Waals surface area (Å²) >= 11 is 0. The summed E-state index contributed by atoms with van der Waals surface area (Å²) in [4.78, 5) is 35.0. The van der Waals surface area contributed by atoms with Crippen molar-refractivity contribution in [2.75, 3.05) is 19.6 Å². The predicted molar refractivity (Wildman–Crippen MR) is 63.7 cm³/mol. The van der Waals surface area contributed by atoms with Crippen LogP contribution in [0.3, 0.4) is 0 Å². The molecule has 2 amide bonds. The van der Waals surface area contributed by atoms with Crippen molar-refractivity contribution in [2.45, 2.75) is 31.7 Å². The molecule has 7 heteroatoms. The molecule has 0 aromatic carbocycles. The number of likely N-dealkylation sites (tertiary alicyclic amines) is 1. The normalized spacial score (nSPS) is 16.6. The third kappa shape index (κ3) is 4.70. The Labute approximate surface area is 105 Å².